The fraction of sp³-hybridized carbons (Fsp3) is 0.625. The average molecular weight is 239 g/mol. The van der Waals surface area contributed by atoms with Gasteiger partial charge in [0.15, 0.2) is 5.16 Å². The van der Waals surface area contributed by atoms with E-state index in [0.29, 0.717) is 11.1 Å². The van der Waals surface area contributed by atoms with Crippen LogP contribution in [0.4, 0.5) is 11.9 Å². The Labute approximate surface area is 97.7 Å². The van der Waals surface area contributed by atoms with Crippen LogP contribution in [0.5, 0.6) is 0 Å². The first-order valence-electron chi connectivity index (χ1n) is 4.89. The molecular formula is C8H13N7S. The number of nitrogens with one attached hydrogen (secondary N) is 1. The van der Waals surface area contributed by atoms with Gasteiger partial charge in [-0.15, -0.1) is 0 Å². The van der Waals surface area contributed by atoms with Crippen LogP contribution in [0.2, 0.25) is 0 Å². The van der Waals surface area contributed by atoms with Crippen molar-refractivity contribution in [2.24, 2.45) is 5.11 Å². The van der Waals surface area contributed by atoms with Crippen molar-refractivity contribution in [3.8, 4) is 0 Å². The zero-order valence-corrected chi connectivity index (χ0v) is 10.0. The molecule has 1 aromatic heterocycles. The van der Waals surface area contributed by atoms with Gasteiger partial charge < -0.3 is 5.32 Å². The highest BCUT2D eigenvalue weighted by Crippen LogP contribution is 2.15. The van der Waals surface area contributed by atoms with Gasteiger partial charge in [-0.05, 0) is 23.3 Å². The molecule has 8 heteroatoms. The quantitative estimate of drug-likeness (QED) is 0.270. The molecule has 0 atom stereocenters. The van der Waals surface area contributed by atoms with Gasteiger partial charge in [0.1, 0.15) is 0 Å². The second kappa shape index (κ2) is 6.86. The molecule has 0 fully saturated rings. The summed E-state index contributed by atoms with van der Waals surface area (Å²) in [5, 5.41) is 6.97. The van der Waals surface area contributed by atoms with Crippen LogP contribution in [0, 0.1) is 0 Å². The van der Waals surface area contributed by atoms with E-state index in [9.17, 15) is 0 Å². The SMILES string of the molecule is CCCCNc1nc(N=[N+]=[N-])nc(SC)n1. The molecule has 0 unspecified atom stereocenters. The van der Waals surface area contributed by atoms with Gasteiger partial charge in [0.05, 0.1) is 0 Å². The summed E-state index contributed by atoms with van der Waals surface area (Å²) in [5.41, 5.74) is 8.32. The molecule has 0 radical (unpaired) electrons. The first-order chi connectivity index (χ1) is 7.80. The topological polar surface area (TPSA) is 99.5 Å². The number of anilines is 1. The highest BCUT2D eigenvalue weighted by atomic mass is 32.2. The Bertz CT molecular complexity index is 388. The van der Waals surface area contributed by atoms with Gasteiger partial charge in [0.25, 0.3) is 0 Å². The predicted molar refractivity (Wildman–Crippen MR) is 63.8 cm³/mol. The molecule has 1 heterocycles. The molecule has 0 aliphatic carbocycles. The molecule has 0 aliphatic rings. The molecule has 7 nitrogen and oxygen atoms in total. The minimum Gasteiger partial charge on any atom is -0.354 e. The Hall–Kier alpha value is -1.53. The van der Waals surface area contributed by atoms with Crippen LogP contribution in [0.3, 0.4) is 0 Å². The summed E-state index contributed by atoms with van der Waals surface area (Å²) < 4.78 is 0. The van der Waals surface area contributed by atoms with Gasteiger partial charge in [-0.1, -0.05) is 25.1 Å². The average Bonchev–Trinajstić information content (AvgIpc) is 2.29. The van der Waals surface area contributed by atoms with Crippen molar-refractivity contribution in [3.05, 3.63) is 10.4 Å². The second-order valence-electron chi connectivity index (χ2n) is 2.92. The van der Waals surface area contributed by atoms with E-state index in [1.807, 2.05) is 6.26 Å². The standard InChI is InChI=1S/C8H13N7S/c1-3-4-5-10-6-11-7(14-15-9)13-8(12-6)16-2/h3-5H2,1-2H3,(H,10,11,12,13). The Balaban J connectivity index is 2.81. The first-order valence-corrected chi connectivity index (χ1v) is 6.11. The number of aromatic nitrogens is 3. The van der Waals surface area contributed by atoms with E-state index in [0.717, 1.165) is 19.4 Å². The molecule has 0 amide bonds. The van der Waals surface area contributed by atoms with Crippen LogP contribution in [0.1, 0.15) is 19.8 Å². The highest BCUT2D eigenvalue weighted by Gasteiger charge is 2.03. The molecule has 0 saturated heterocycles. The predicted octanol–water partition coefficient (Wildman–Crippen LogP) is 2.75. The maximum atomic E-state index is 8.32. The van der Waals surface area contributed by atoms with Crippen molar-refractivity contribution in [1.29, 1.82) is 0 Å². The maximum Gasteiger partial charge on any atom is 0.227 e. The zero-order chi connectivity index (χ0) is 11.8. The summed E-state index contributed by atoms with van der Waals surface area (Å²) in [6.07, 6.45) is 3.98. The lowest BCUT2D eigenvalue weighted by molar-refractivity contribution is 0.814. The van der Waals surface area contributed by atoms with E-state index in [-0.39, 0.29) is 5.95 Å². The van der Waals surface area contributed by atoms with Gasteiger partial charge in [0, 0.05) is 11.5 Å². The van der Waals surface area contributed by atoms with E-state index in [2.05, 4.69) is 37.2 Å². The number of unbranched alkanes of at least 4 members (excludes halogenated alkanes) is 1. The summed E-state index contributed by atoms with van der Waals surface area (Å²) in [4.78, 5) is 14.7. The van der Waals surface area contributed by atoms with E-state index in [1.165, 1.54) is 11.8 Å². The van der Waals surface area contributed by atoms with Gasteiger partial charge in [0.2, 0.25) is 11.9 Å². The smallest absolute Gasteiger partial charge is 0.227 e. The molecule has 0 spiro atoms. The Morgan fingerprint density at radius 3 is 2.88 bits per heavy atom. The van der Waals surface area contributed by atoms with Crippen LogP contribution in [0.25, 0.3) is 10.4 Å². The monoisotopic (exact) mass is 239 g/mol. The van der Waals surface area contributed by atoms with Crippen molar-refractivity contribution >= 4 is 23.7 Å². The second-order valence-corrected chi connectivity index (χ2v) is 3.69. The normalized spacial score (nSPS) is 9.62. The van der Waals surface area contributed by atoms with Crippen LogP contribution in [0.15, 0.2) is 10.3 Å². The third kappa shape index (κ3) is 3.92. The molecule has 86 valence electrons. The Morgan fingerprint density at radius 2 is 2.25 bits per heavy atom. The minimum atomic E-state index is 0.0980. The molecule has 0 bridgehead atoms. The van der Waals surface area contributed by atoms with Gasteiger partial charge in [-0.2, -0.15) is 9.97 Å². The maximum absolute atomic E-state index is 8.32. The van der Waals surface area contributed by atoms with E-state index >= 15 is 0 Å². The third-order valence-corrected chi connectivity index (χ3v) is 2.28. The molecular weight excluding hydrogens is 226 g/mol. The molecule has 0 saturated carbocycles. The minimum absolute atomic E-state index is 0.0980. The van der Waals surface area contributed by atoms with Crippen molar-refractivity contribution in [3.63, 3.8) is 0 Å². The van der Waals surface area contributed by atoms with E-state index in [4.69, 9.17) is 5.53 Å². The summed E-state index contributed by atoms with van der Waals surface area (Å²) in [7, 11) is 0. The molecule has 1 N–H and O–H groups in total. The fourth-order valence-corrected chi connectivity index (χ4v) is 1.33. The molecule has 0 aromatic carbocycles. The lowest BCUT2D eigenvalue weighted by Crippen LogP contribution is -2.06. The Kier molecular flexibility index (Phi) is 5.38. The summed E-state index contributed by atoms with van der Waals surface area (Å²) >= 11 is 1.38. The van der Waals surface area contributed by atoms with Crippen molar-refractivity contribution in [2.45, 2.75) is 24.9 Å². The number of nitrogens with zero attached hydrogens (tertiary/aromatic N) is 6. The molecule has 1 aromatic rings. The summed E-state index contributed by atoms with van der Waals surface area (Å²) in [5.74, 6) is 0.552. The van der Waals surface area contributed by atoms with Crippen LogP contribution >= 0.6 is 11.8 Å². The summed E-state index contributed by atoms with van der Waals surface area (Å²) in [6.45, 7) is 2.90. The van der Waals surface area contributed by atoms with Crippen molar-refractivity contribution < 1.29 is 0 Å². The van der Waals surface area contributed by atoms with Crippen LogP contribution in [-0.4, -0.2) is 27.8 Å². The zero-order valence-electron chi connectivity index (χ0n) is 9.21. The first kappa shape index (κ1) is 12.5. The Morgan fingerprint density at radius 1 is 1.44 bits per heavy atom. The van der Waals surface area contributed by atoms with Gasteiger partial charge >= 0.3 is 0 Å². The number of rotatable bonds is 6. The number of hydrogen-bond donors (Lipinski definition) is 1. The number of hydrogen-bond acceptors (Lipinski definition) is 6. The highest BCUT2D eigenvalue weighted by molar-refractivity contribution is 7.98. The number of thioether (sulfide) groups is 1. The molecule has 16 heavy (non-hydrogen) atoms. The van der Waals surface area contributed by atoms with Crippen molar-refractivity contribution in [2.75, 3.05) is 18.1 Å². The lowest BCUT2D eigenvalue weighted by Gasteiger charge is -2.04. The van der Waals surface area contributed by atoms with E-state index < -0.39 is 0 Å². The largest absolute Gasteiger partial charge is 0.354 e. The van der Waals surface area contributed by atoms with Crippen molar-refractivity contribution in [1.82, 2.24) is 15.0 Å². The van der Waals surface area contributed by atoms with E-state index in [1.54, 1.807) is 0 Å². The van der Waals surface area contributed by atoms with Crippen LogP contribution in [-0.2, 0) is 0 Å². The fourth-order valence-electron chi connectivity index (χ4n) is 0.978. The van der Waals surface area contributed by atoms with Crippen LogP contribution < -0.4 is 5.32 Å². The lowest BCUT2D eigenvalue weighted by atomic mass is 10.3. The molecule has 0 aliphatic heterocycles. The van der Waals surface area contributed by atoms with Gasteiger partial charge in [-0.3, -0.25) is 0 Å². The summed E-state index contributed by atoms with van der Waals surface area (Å²) in [6, 6.07) is 0. The third-order valence-electron chi connectivity index (χ3n) is 1.73. The number of azide groups is 1. The molecule has 1 rings (SSSR count). The van der Waals surface area contributed by atoms with Gasteiger partial charge in [-0.25, -0.2) is 4.98 Å².